The van der Waals surface area contributed by atoms with Crippen LogP contribution in [0.4, 0.5) is 13.2 Å². The summed E-state index contributed by atoms with van der Waals surface area (Å²) in [5, 5.41) is 0. The van der Waals surface area contributed by atoms with E-state index in [0.717, 1.165) is 6.92 Å². The van der Waals surface area contributed by atoms with Gasteiger partial charge in [-0.15, -0.1) is 0 Å². The van der Waals surface area contributed by atoms with Crippen LogP contribution in [0.1, 0.15) is 6.92 Å². The van der Waals surface area contributed by atoms with E-state index in [-0.39, 0.29) is 0 Å². The third-order valence-electron chi connectivity index (χ3n) is 0.538. The smallest absolute Gasteiger partial charge is 0.141 e. The molecule has 0 aliphatic carbocycles. The minimum atomic E-state index is -1.40. The van der Waals surface area contributed by atoms with Crippen molar-refractivity contribution in [2.45, 2.75) is 13.1 Å². The summed E-state index contributed by atoms with van der Waals surface area (Å²) >= 11 is 0. The monoisotopic (exact) mass is 124 g/mol. The zero-order valence-electron chi connectivity index (χ0n) is 4.50. The minimum absolute atomic E-state index is 0.597. The Kier molecular flexibility index (Phi) is 3.31. The van der Waals surface area contributed by atoms with E-state index in [9.17, 15) is 13.2 Å². The molecule has 0 aliphatic rings. The predicted octanol–water partition coefficient (Wildman–Crippen LogP) is 2.17. The Balaban J connectivity index is 3.56. The maximum absolute atomic E-state index is 11.7. The van der Waals surface area contributed by atoms with Gasteiger partial charge in [-0.3, -0.25) is 0 Å². The van der Waals surface area contributed by atoms with Crippen molar-refractivity contribution in [1.82, 2.24) is 0 Å². The molecule has 0 saturated heterocycles. The molecule has 0 saturated carbocycles. The Labute approximate surface area is 46.0 Å². The summed E-state index contributed by atoms with van der Waals surface area (Å²) < 4.78 is 34.4. The van der Waals surface area contributed by atoms with Crippen molar-refractivity contribution in [1.29, 1.82) is 0 Å². The quantitative estimate of drug-likeness (QED) is 0.529. The van der Waals surface area contributed by atoms with E-state index >= 15 is 0 Å². The zero-order valence-corrected chi connectivity index (χ0v) is 4.50. The second kappa shape index (κ2) is 3.52. The van der Waals surface area contributed by atoms with Crippen molar-refractivity contribution in [2.24, 2.45) is 0 Å². The lowest BCUT2D eigenvalue weighted by molar-refractivity contribution is 0.404. The summed E-state index contributed by atoms with van der Waals surface area (Å²) in [6.45, 7) is -0.0799. The normalized spacial score (nSPS) is 16.2. The van der Waals surface area contributed by atoms with Gasteiger partial charge in [0.2, 0.25) is 0 Å². The lowest BCUT2D eigenvalue weighted by Gasteiger charge is -1.88. The first-order chi connectivity index (χ1) is 3.66. The van der Waals surface area contributed by atoms with Crippen LogP contribution in [0.25, 0.3) is 0 Å². The molecule has 0 aromatic rings. The average molecular weight is 124 g/mol. The fourth-order valence-corrected chi connectivity index (χ4v) is 0.294. The zero-order chi connectivity index (χ0) is 6.57. The van der Waals surface area contributed by atoms with Gasteiger partial charge in [-0.25, -0.2) is 13.2 Å². The van der Waals surface area contributed by atoms with Gasteiger partial charge in [-0.2, -0.15) is 0 Å². The predicted molar refractivity (Wildman–Crippen MR) is 25.7 cm³/mol. The molecule has 0 N–H and O–H groups in total. The van der Waals surface area contributed by atoms with Crippen molar-refractivity contribution in [3.63, 3.8) is 0 Å². The molecule has 0 spiro atoms. The van der Waals surface area contributed by atoms with Gasteiger partial charge in [0.25, 0.3) is 0 Å². The standard InChI is InChI=1S/C5H7F3/c1-4(7)2-5(8)3-6/h2,4H,3H2,1H3/b5-2+. The van der Waals surface area contributed by atoms with E-state index in [4.69, 9.17) is 0 Å². The van der Waals surface area contributed by atoms with Crippen LogP contribution >= 0.6 is 0 Å². The first-order valence-electron chi connectivity index (χ1n) is 2.23. The van der Waals surface area contributed by atoms with Crippen LogP contribution in [0.5, 0.6) is 0 Å². The van der Waals surface area contributed by atoms with Crippen LogP contribution in [-0.2, 0) is 0 Å². The highest BCUT2D eigenvalue weighted by Crippen LogP contribution is 2.00. The Hall–Kier alpha value is -0.470. The Morgan fingerprint density at radius 2 is 2.25 bits per heavy atom. The molecule has 3 heteroatoms. The molecular weight excluding hydrogens is 117 g/mol. The third kappa shape index (κ3) is 3.71. The molecule has 0 bridgehead atoms. The van der Waals surface area contributed by atoms with Gasteiger partial charge in [0.1, 0.15) is 18.7 Å². The molecule has 0 amide bonds. The van der Waals surface area contributed by atoms with Crippen molar-refractivity contribution in [2.75, 3.05) is 6.67 Å². The van der Waals surface area contributed by atoms with Crippen LogP contribution in [0.3, 0.4) is 0 Å². The number of allylic oxidation sites excluding steroid dienone is 2. The topological polar surface area (TPSA) is 0 Å². The highest BCUT2D eigenvalue weighted by Gasteiger charge is 1.95. The Morgan fingerprint density at radius 1 is 1.75 bits per heavy atom. The van der Waals surface area contributed by atoms with E-state index in [2.05, 4.69) is 0 Å². The van der Waals surface area contributed by atoms with Crippen LogP contribution < -0.4 is 0 Å². The summed E-state index contributed by atoms with van der Waals surface area (Å²) in [5.74, 6) is -1.04. The lowest BCUT2D eigenvalue weighted by atomic mass is 10.4. The van der Waals surface area contributed by atoms with Gasteiger partial charge < -0.3 is 0 Å². The molecular formula is C5H7F3. The maximum atomic E-state index is 11.7. The summed E-state index contributed by atoms with van der Waals surface area (Å²) in [6.07, 6.45) is -0.800. The van der Waals surface area contributed by atoms with Crippen LogP contribution in [-0.4, -0.2) is 12.8 Å². The molecule has 1 unspecified atom stereocenters. The summed E-state index contributed by atoms with van der Waals surface area (Å²) in [6, 6.07) is 0. The molecule has 0 aromatic heterocycles. The SMILES string of the molecule is CC(F)/C=C(/F)CF. The van der Waals surface area contributed by atoms with E-state index in [1.54, 1.807) is 0 Å². The highest BCUT2D eigenvalue weighted by atomic mass is 19.2. The summed E-state index contributed by atoms with van der Waals surface area (Å²) in [5.41, 5.74) is 0. The first kappa shape index (κ1) is 7.53. The van der Waals surface area contributed by atoms with Gasteiger partial charge in [-0.05, 0) is 13.0 Å². The molecule has 0 nitrogen and oxygen atoms in total. The number of rotatable bonds is 2. The van der Waals surface area contributed by atoms with Crippen molar-refractivity contribution >= 4 is 0 Å². The van der Waals surface area contributed by atoms with Crippen LogP contribution in [0.15, 0.2) is 11.9 Å². The second-order valence-corrected chi connectivity index (χ2v) is 1.42. The molecule has 48 valence electrons. The Bertz CT molecular complexity index is 85.7. The highest BCUT2D eigenvalue weighted by molar-refractivity contribution is 4.94. The van der Waals surface area contributed by atoms with E-state index in [1.807, 2.05) is 0 Å². The number of halogens is 3. The van der Waals surface area contributed by atoms with Crippen molar-refractivity contribution in [3.05, 3.63) is 11.9 Å². The molecule has 0 fully saturated rings. The molecule has 0 heterocycles. The van der Waals surface area contributed by atoms with E-state index in [0.29, 0.717) is 6.08 Å². The Morgan fingerprint density at radius 3 is 2.38 bits per heavy atom. The maximum Gasteiger partial charge on any atom is 0.141 e. The van der Waals surface area contributed by atoms with Crippen molar-refractivity contribution in [3.8, 4) is 0 Å². The van der Waals surface area contributed by atoms with Gasteiger partial charge in [0.15, 0.2) is 0 Å². The summed E-state index contributed by atoms with van der Waals surface area (Å²) in [7, 11) is 0. The minimum Gasteiger partial charge on any atom is -0.243 e. The van der Waals surface area contributed by atoms with E-state index in [1.165, 1.54) is 0 Å². The summed E-state index contributed by atoms with van der Waals surface area (Å²) in [4.78, 5) is 0. The molecule has 0 aliphatic heterocycles. The van der Waals surface area contributed by atoms with Gasteiger partial charge in [-0.1, -0.05) is 0 Å². The average Bonchev–Trinajstić information content (AvgIpc) is 1.65. The molecule has 1 atom stereocenters. The van der Waals surface area contributed by atoms with Crippen LogP contribution in [0, 0.1) is 0 Å². The third-order valence-corrected chi connectivity index (χ3v) is 0.538. The number of hydrogen-bond acceptors (Lipinski definition) is 0. The molecule has 0 radical (unpaired) electrons. The fourth-order valence-electron chi connectivity index (χ4n) is 0.294. The van der Waals surface area contributed by atoms with Crippen molar-refractivity contribution < 1.29 is 13.2 Å². The van der Waals surface area contributed by atoms with Gasteiger partial charge in [0, 0.05) is 0 Å². The van der Waals surface area contributed by atoms with Gasteiger partial charge in [0.05, 0.1) is 0 Å². The van der Waals surface area contributed by atoms with Gasteiger partial charge >= 0.3 is 0 Å². The van der Waals surface area contributed by atoms with E-state index < -0.39 is 18.7 Å². The first-order valence-corrected chi connectivity index (χ1v) is 2.23. The molecule has 8 heavy (non-hydrogen) atoms. The molecule has 0 aromatic carbocycles. The fraction of sp³-hybridized carbons (Fsp3) is 0.600. The molecule has 0 rings (SSSR count). The lowest BCUT2D eigenvalue weighted by Crippen LogP contribution is -1.87. The van der Waals surface area contributed by atoms with Crippen LogP contribution in [0.2, 0.25) is 0 Å². The largest absolute Gasteiger partial charge is 0.243 e. The number of hydrogen-bond donors (Lipinski definition) is 0. The number of alkyl halides is 2. The second-order valence-electron chi connectivity index (χ2n) is 1.42.